The minimum absolute atomic E-state index is 0.000784. The molecule has 1 aromatic rings. The van der Waals surface area contributed by atoms with Gasteiger partial charge in [-0.1, -0.05) is 19.9 Å². The lowest BCUT2D eigenvalue weighted by atomic mass is 10.0. The van der Waals surface area contributed by atoms with E-state index in [4.69, 9.17) is 10.5 Å². The molecule has 0 aromatic heterocycles. The van der Waals surface area contributed by atoms with Crippen LogP contribution < -0.4 is 10.5 Å². The fraction of sp³-hybridized carbons (Fsp3) is 0.385. The standard InChI is InChI=1S/C13H16FNO3/c1-3-8(2)10(16)7-18-11-6-4-5-9(14)12(11)13(15)17/h4-6,8H,3,7H2,1-2H3,(H2,15,17). The van der Waals surface area contributed by atoms with Gasteiger partial charge in [-0.25, -0.2) is 4.39 Å². The Bertz CT molecular complexity index is 460. The number of rotatable bonds is 6. The first-order valence-electron chi connectivity index (χ1n) is 5.71. The molecule has 0 saturated carbocycles. The maximum Gasteiger partial charge on any atom is 0.255 e. The Morgan fingerprint density at radius 1 is 1.44 bits per heavy atom. The summed E-state index contributed by atoms with van der Waals surface area (Å²) >= 11 is 0. The number of amides is 1. The Balaban J connectivity index is 2.83. The van der Waals surface area contributed by atoms with Gasteiger partial charge in [-0.2, -0.15) is 0 Å². The number of hydrogen-bond donors (Lipinski definition) is 1. The van der Waals surface area contributed by atoms with Gasteiger partial charge in [0, 0.05) is 5.92 Å². The van der Waals surface area contributed by atoms with E-state index in [1.165, 1.54) is 12.1 Å². The number of Topliss-reactive ketones (excluding diaryl/α,β-unsaturated/α-hetero) is 1. The summed E-state index contributed by atoms with van der Waals surface area (Å²) in [5.41, 5.74) is 4.74. The number of carbonyl (C=O) groups excluding carboxylic acids is 2. The van der Waals surface area contributed by atoms with E-state index < -0.39 is 11.7 Å². The molecule has 0 heterocycles. The molecule has 1 aromatic carbocycles. The van der Waals surface area contributed by atoms with Crippen molar-refractivity contribution in [2.24, 2.45) is 11.7 Å². The molecule has 2 N–H and O–H groups in total. The van der Waals surface area contributed by atoms with Crippen molar-refractivity contribution in [2.45, 2.75) is 20.3 Å². The van der Waals surface area contributed by atoms with E-state index in [0.717, 1.165) is 6.07 Å². The smallest absolute Gasteiger partial charge is 0.255 e. The first-order valence-corrected chi connectivity index (χ1v) is 5.71. The second-order valence-corrected chi connectivity index (χ2v) is 4.04. The van der Waals surface area contributed by atoms with Gasteiger partial charge in [-0.3, -0.25) is 9.59 Å². The zero-order chi connectivity index (χ0) is 13.7. The molecule has 0 bridgehead atoms. The monoisotopic (exact) mass is 253 g/mol. The lowest BCUT2D eigenvalue weighted by Gasteiger charge is -2.11. The number of carbonyl (C=O) groups is 2. The number of ketones is 1. The van der Waals surface area contributed by atoms with Crippen LogP contribution in [-0.4, -0.2) is 18.3 Å². The summed E-state index contributed by atoms with van der Waals surface area (Å²) in [6.07, 6.45) is 0.702. The summed E-state index contributed by atoms with van der Waals surface area (Å²) in [4.78, 5) is 22.7. The highest BCUT2D eigenvalue weighted by Gasteiger charge is 2.17. The second-order valence-electron chi connectivity index (χ2n) is 4.04. The molecule has 0 aliphatic rings. The molecule has 18 heavy (non-hydrogen) atoms. The Morgan fingerprint density at radius 2 is 2.11 bits per heavy atom. The molecule has 0 radical (unpaired) electrons. The van der Waals surface area contributed by atoms with Crippen molar-refractivity contribution < 1.29 is 18.7 Å². The highest BCUT2D eigenvalue weighted by Crippen LogP contribution is 2.21. The zero-order valence-corrected chi connectivity index (χ0v) is 10.4. The van der Waals surface area contributed by atoms with Crippen molar-refractivity contribution >= 4 is 11.7 Å². The Morgan fingerprint density at radius 3 is 2.67 bits per heavy atom. The molecule has 1 amide bonds. The van der Waals surface area contributed by atoms with Crippen molar-refractivity contribution in [3.63, 3.8) is 0 Å². The minimum Gasteiger partial charge on any atom is -0.485 e. The van der Waals surface area contributed by atoms with Crippen molar-refractivity contribution in [3.05, 3.63) is 29.6 Å². The number of halogens is 1. The van der Waals surface area contributed by atoms with Gasteiger partial charge in [0.2, 0.25) is 0 Å². The number of ether oxygens (including phenoxy) is 1. The quantitative estimate of drug-likeness (QED) is 0.842. The number of hydrogen-bond acceptors (Lipinski definition) is 3. The topological polar surface area (TPSA) is 69.4 Å². The molecule has 98 valence electrons. The first-order chi connectivity index (χ1) is 8.47. The van der Waals surface area contributed by atoms with Gasteiger partial charge in [0.25, 0.3) is 5.91 Å². The SMILES string of the molecule is CCC(C)C(=O)COc1cccc(F)c1C(N)=O. The predicted molar refractivity (Wildman–Crippen MR) is 64.9 cm³/mol. The molecule has 0 fully saturated rings. The third-order valence-electron chi connectivity index (χ3n) is 2.75. The molecule has 1 atom stereocenters. The van der Waals surface area contributed by atoms with Crippen LogP contribution in [0, 0.1) is 11.7 Å². The van der Waals surface area contributed by atoms with Gasteiger partial charge in [0.1, 0.15) is 23.7 Å². The molecule has 4 nitrogen and oxygen atoms in total. The molecule has 0 aliphatic carbocycles. The van der Waals surface area contributed by atoms with E-state index >= 15 is 0 Å². The third-order valence-corrected chi connectivity index (χ3v) is 2.75. The lowest BCUT2D eigenvalue weighted by Crippen LogP contribution is -2.21. The average molecular weight is 253 g/mol. The van der Waals surface area contributed by atoms with Gasteiger partial charge in [-0.15, -0.1) is 0 Å². The van der Waals surface area contributed by atoms with Crippen LogP contribution in [0.1, 0.15) is 30.6 Å². The molecule has 0 spiro atoms. The summed E-state index contributed by atoms with van der Waals surface area (Å²) in [5, 5.41) is 0. The van der Waals surface area contributed by atoms with Gasteiger partial charge < -0.3 is 10.5 Å². The van der Waals surface area contributed by atoms with Crippen molar-refractivity contribution in [3.8, 4) is 5.75 Å². The summed E-state index contributed by atoms with van der Waals surface area (Å²) in [6, 6.07) is 3.92. The summed E-state index contributed by atoms with van der Waals surface area (Å²) in [5.74, 6) is -1.90. The van der Waals surface area contributed by atoms with Crippen LogP contribution in [0.5, 0.6) is 5.75 Å². The number of benzene rings is 1. The Labute approximate surface area is 105 Å². The fourth-order valence-electron chi connectivity index (χ4n) is 1.38. The Kier molecular flexibility index (Phi) is 4.83. The molecular formula is C13H16FNO3. The van der Waals surface area contributed by atoms with Crippen LogP contribution in [0.2, 0.25) is 0 Å². The van der Waals surface area contributed by atoms with Crippen LogP contribution in [-0.2, 0) is 4.79 Å². The predicted octanol–water partition coefficient (Wildman–Crippen LogP) is 1.92. The van der Waals surface area contributed by atoms with Crippen LogP contribution >= 0.6 is 0 Å². The normalized spacial score (nSPS) is 11.9. The molecule has 1 unspecified atom stereocenters. The van der Waals surface area contributed by atoms with Crippen molar-refractivity contribution in [1.82, 2.24) is 0 Å². The summed E-state index contributed by atoms with van der Waals surface area (Å²) < 4.78 is 18.6. The van der Waals surface area contributed by atoms with E-state index in [2.05, 4.69) is 0 Å². The van der Waals surface area contributed by atoms with Crippen molar-refractivity contribution in [2.75, 3.05) is 6.61 Å². The molecular weight excluding hydrogens is 237 g/mol. The number of nitrogens with two attached hydrogens (primary N) is 1. The van der Waals surface area contributed by atoms with Gasteiger partial charge in [-0.05, 0) is 18.6 Å². The van der Waals surface area contributed by atoms with Gasteiger partial charge >= 0.3 is 0 Å². The summed E-state index contributed by atoms with van der Waals surface area (Å²) in [6.45, 7) is 3.48. The molecule has 0 aliphatic heterocycles. The van der Waals surface area contributed by atoms with Crippen LogP contribution in [0.15, 0.2) is 18.2 Å². The second kappa shape index (κ2) is 6.14. The lowest BCUT2D eigenvalue weighted by molar-refractivity contribution is -0.124. The molecule has 0 saturated heterocycles. The van der Waals surface area contributed by atoms with E-state index in [9.17, 15) is 14.0 Å². The van der Waals surface area contributed by atoms with Gasteiger partial charge in [0.05, 0.1) is 0 Å². The molecule has 5 heteroatoms. The Hall–Kier alpha value is -1.91. The largest absolute Gasteiger partial charge is 0.485 e. The van der Waals surface area contributed by atoms with E-state index in [1.807, 2.05) is 6.92 Å². The van der Waals surface area contributed by atoms with Crippen LogP contribution in [0.25, 0.3) is 0 Å². The van der Waals surface area contributed by atoms with E-state index in [1.54, 1.807) is 6.92 Å². The van der Waals surface area contributed by atoms with Crippen LogP contribution in [0.4, 0.5) is 4.39 Å². The fourth-order valence-corrected chi connectivity index (χ4v) is 1.38. The van der Waals surface area contributed by atoms with Crippen molar-refractivity contribution in [1.29, 1.82) is 0 Å². The number of primary amides is 1. The minimum atomic E-state index is -0.918. The summed E-state index contributed by atoms with van der Waals surface area (Å²) in [7, 11) is 0. The maximum atomic E-state index is 13.4. The average Bonchev–Trinajstić information content (AvgIpc) is 2.34. The molecule has 1 rings (SSSR count). The van der Waals surface area contributed by atoms with Crippen LogP contribution in [0.3, 0.4) is 0 Å². The highest BCUT2D eigenvalue weighted by atomic mass is 19.1. The highest BCUT2D eigenvalue weighted by molar-refractivity contribution is 5.96. The third kappa shape index (κ3) is 3.29. The van der Waals surface area contributed by atoms with E-state index in [0.29, 0.717) is 6.42 Å². The van der Waals surface area contributed by atoms with Gasteiger partial charge in [0.15, 0.2) is 5.78 Å². The van der Waals surface area contributed by atoms with E-state index in [-0.39, 0.29) is 29.6 Å². The maximum absolute atomic E-state index is 13.4. The first kappa shape index (κ1) is 14.2. The zero-order valence-electron chi connectivity index (χ0n) is 10.4.